The third-order valence-electron chi connectivity index (χ3n) is 5.08. The zero-order chi connectivity index (χ0) is 19.2. The largest absolute Gasteiger partial charge is 0.368 e. The van der Waals surface area contributed by atoms with Crippen LogP contribution < -0.4 is 5.73 Å². The molecule has 2 heterocycles. The SMILES string of the molecule is Cn1nc(C2CCN(S(=O)(=O)c3ccc4ccccc4c3Br)CC2)nc1N. The first kappa shape index (κ1) is 18.4. The maximum absolute atomic E-state index is 13.2. The number of fused-ring (bicyclic) bond motifs is 1. The molecule has 9 heteroatoms. The van der Waals surface area contributed by atoms with E-state index >= 15 is 0 Å². The molecule has 0 saturated carbocycles. The van der Waals surface area contributed by atoms with Gasteiger partial charge >= 0.3 is 0 Å². The zero-order valence-electron chi connectivity index (χ0n) is 14.8. The minimum absolute atomic E-state index is 0.125. The molecule has 4 rings (SSSR count). The number of anilines is 1. The lowest BCUT2D eigenvalue weighted by Gasteiger charge is -2.30. The van der Waals surface area contributed by atoms with Gasteiger partial charge in [-0.2, -0.15) is 14.4 Å². The van der Waals surface area contributed by atoms with Gasteiger partial charge < -0.3 is 5.73 Å². The van der Waals surface area contributed by atoms with Crippen LogP contribution in [0.25, 0.3) is 10.8 Å². The summed E-state index contributed by atoms with van der Waals surface area (Å²) >= 11 is 3.50. The minimum atomic E-state index is -3.58. The Morgan fingerprint density at radius 3 is 2.52 bits per heavy atom. The van der Waals surface area contributed by atoms with Crippen LogP contribution in [-0.4, -0.2) is 40.6 Å². The van der Waals surface area contributed by atoms with Crippen molar-refractivity contribution in [1.29, 1.82) is 0 Å². The van der Waals surface area contributed by atoms with E-state index in [1.165, 1.54) is 0 Å². The van der Waals surface area contributed by atoms with Crippen molar-refractivity contribution in [2.45, 2.75) is 23.7 Å². The Hall–Kier alpha value is -1.97. The van der Waals surface area contributed by atoms with Gasteiger partial charge in [0.25, 0.3) is 0 Å². The molecule has 7 nitrogen and oxygen atoms in total. The van der Waals surface area contributed by atoms with Crippen molar-refractivity contribution in [2.75, 3.05) is 18.8 Å². The highest BCUT2D eigenvalue weighted by molar-refractivity contribution is 9.10. The number of piperidine rings is 1. The van der Waals surface area contributed by atoms with Crippen molar-refractivity contribution in [1.82, 2.24) is 19.1 Å². The van der Waals surface area contributed by atoms with Gasteiger partial charge in [-0.05, 0) is 45.6 Å². The topological polar surface area (TPSA) is 94.1 Å². The van der Waals surface area contributed by atoms with Gasteiger partial charge in [0.2, 0.25) is 16.0 Å². The molecule has 1 fully saturated rings. The van der Waals surface area contributed by atoms with Gasteiger partial charge in [0.15, 0.2) is 5.82 Å². The molecular weight excluding hydrogens is 430 g/mol. The number of hydrogen-bond acceptors (Lipinski definition) is 5. The van der Waals surface area contributed by atoms with Gasteiger partial charge in [-0.15, -0.1) is 0 Å². The predicted molar refractivity (Wildman–Crippen MR) is 108 cm³/mol. The number of nitrogen functional groups attached to an aromatic ring is 1. The summed E-state index contributed by atoms with van der Waals surface area (Å²) in [6.07, 6.45) is 1.35. The molecule has 0 unspecified atom stereocenters. The number of benzene rings is 2. The van der Waals surface area contributed by atoms with Crippen molar-refractivity contribution >= 4 is 42.7 Å². The van der Waals surface area contributed by atoms with E-state index in [0.717, 1.165) is 10.8 Å². The van der Waals surface area contributed by atoms with E-state index in [4.69, 9.17) is 5.73 Å². The Balaban J connectivity index is 1.58. The lowest BCUT2D eigenvalue weighted by atomic mass is 9.98. The number of halogens is 1. The van der Waals surface area contributed by atoms with Crippen molar-refractivity contribution in [3.05, 3.63) is 46.7 Å². The standard InChI is InChI=1S/C18H20BrN5O2S/c1-23-18(20)21-17(22-23)13-8-10-24(11-9-13)27(25,26)15-7-6-12-4-2-3-5-14(12)16(15)19/h2-7,13H,8-11H2,1H3,(H2,20,21,22). The van der Waals surface area contributed by atoms with E-state index in [2.05, 4.69) is 26.0 Å². The summed E-state index contributed by atoms with van der Waals surface area (Å²) < 4.78 is 30.1. The van der Waals surface area contributed by atoms with Gasteiger partial charge in [0.1, 0.15) is 0 Å². The maximum Gasteiger partial charge on any atom is 0.244 e. The lowest BCUT2D eigenvalue weighted by molar-refractivity contribution is 0.313. The van der Waals surface area contributed by atoms with Crippen LogP contribution in [0.3, 0.4) is 0 Å². The molecule has 27 heavy (non-hydrogen) atoms. The molecular formula is C18H20BrN5O2S. The second kappa shape index (κ2) is 6.88. The van der Waals surface area contributed by atoms with E-state index in [1.807, 2.05) is 30.3 Å². The van der Waals surface area contributed by atoms with E-state index in [9.17, 15) is 8.42 Å². The van der Waals surface area contributed by atoms with E-state index in [0.29, 0.717) is 47.1 Å². The predicted octanol–water partition coefficient (Wildman–Crippen LogP) is 2.88. The van der Waals surface area contributed by atoms with Crippen LogP contribution in [0.4, 0.5) is 5.95 Å². The van der Waals surface area contributed by atoms with Crippen molar-refractivity contribution in [3.63, 3.8) is 0 Å². The molecule has 2 aromatic carbocycles. The van der Waals surface area contributed by atoms with Crippen LogP contribution in [0.1, 0.15) is 24.6 Å². The number of nitrogens with zero attached hydrogens (tertiary/aromatic N) is 4. The fraction of sp³-hybridized carbons (Fsp3) is 0.333. The van der Waals surface area contributed by atoms with Crippen LogP contribution >= 0.6 is 15.9 Å². The molecule has 3 aromatic rings. The molecule has 0 amide bonds. The lowest BCUT2D eigenvalue weighted by Crippen LogP contribution is -2.38. The smallest absolute Gasteiger partial charge is 0.244 e. The number of nitrogens with two attached hydrogens (primary N) is 1. The quantitative estimate of drug-likeness (QED) is 0.663. The van der Waals surface area contributed by atoms with Gasteiger partial charge in [0.05, 0.1) is 4.90 Å². The monoisotopic (exact) mass is 449 g/mol. The van der Waals surface area contributed by atoms with Gasteiger partial charge in [-0.1, -0.05) is 30.3 Å². The first-order valence-corrected chi connectivity index (χ1v) is 10.9. The molecule has 142 valence electrons. The van der Waals surface area contributed by atoms with Crippen LogP contribution in [0.15, 0.2) is 45.8 Å². The number of aryl methyl sites for hydroxylation is 1. The average Bonchev–Trinajstić information content (AvgIpc) is 3.01. The summed E-state index contributed by atoms with van der Waals surface area (Å²) in [6, 6.07) is 11.2. The normalized spacial score (nSPS) is 16.8. The number of sulfonamides is 1. The molecule has 1 saturated heterocycles. The first-order valence-electron chi connectivity index (χ1n) is 8.71. The van der Waals surface area contributed by atoms with E-state index in [-0.39, 0.29) is 5.92 Å². The molecule has 2 N–H and O–H groups in total. The summed E-state index contributed by atoms with van der Waals surface area (Å²) in [6.45, 7) is 0.870. The van der Waals surface area contributed by atoms with Crippen LogP contribution in [-0.2, 0) is 17.1 Å². The van der Waals surface area contributed by atoms with E-state index < -0.39 is 10.0 Å². The van der Waals surface area contributed by atoms with Crippen molar-refractivity contribution < 1.29 is 8.42 Å². The fourth-order valence-electron chi connectivity index (χ4n) is 3.50. The van der Waals surface area contributed by atoms with Crippen molar-refractivity contribution in [3.8, 4) is 0 Å². The Labute approximate surface area is 166 Å². The second-order valence-corrected chi connectivity index (χ2v) is 9.43. The van der Waals surface area contributed by atoms with Gasteiger partial charge in [0, 0.05) is 30.5 Å². The molecule has 0 radical (unpaired) electrons. The number of rotatable bonds is 3. The summed E-state index contributed by atoms with van der Waals surface area (Å²) in [4.78, 5) is 4.59. The van der Waals surface area contributed by atoms with Crippen molar-refractivity contribution in [2.24, 2.45) is 7.05 Å². The van der Waals surface area contributed by atoms with Crippen LogP contribution in [0, 0.1) is 0 Å². The third kappa shape index (κ3) is 3.24. The Morgan fingerprint density at radius 1 is 1.15 bits per heavy atom. The van der Waals surface area contributed by atoms with Gasteiger partial charge in [-0.3, -0.25) is 0 Å². The Kier molecular flexibility index (Phi) is 4.69. The molecule has 1 aliphatic heterocycles. The first-order chi connectivity index (χ1) is 12.9. The summed E-state index contributed by atoms with van der Waals surface area (Å²) in [5.74, 6) is 1.19. The Bertz CT molecular complexity index is 1080. The Morgan fingerprint density at radius 2 is 1.85 bits per heavy atom. The molecule has 0 aliphatic carbocycles. The highest BCUT2D eigenvalue weighted by Crippen LogP contribution is 2.35. The highest BCUT2D eigenvalue weighted by Gasteiger charge is 2.33. The number of hydrogen-bond donors (Lipinski definition) is 1. The number of aromatic nitrogens is 3. The average molecular weight is 450 g/mol. The maximum atomic E-state index is 13.2. The van der Waals surface area contributed by atoms with Gasteiger partial charge in [-0.25, -0.2) is 13.1 Å². The third-order valence-corrected chi connectivity index (χ3v) is 8.14. The highest BCUT2D eigenvalue weighted by atomic mass is 79.9. The molecule has 0 bridgehead atoms. The molecule has 1 aliphatic rings. The minimum Gasteiger partial charge on any atom is -0.368 e. The van der Waals surface area contributed by atoms with E-state index in [1.54, 1.807) is 22.1 Å². The fourth-order valence-corrected chi connectivity index (χ4v) is 6.15. The molecule has 0 spiro atoms. The summed E-state index contributed by atoms with van der Waals surface area (Å²) in [7, 11) is -1.82. The summed E-state index contributed by atoms with van der Waals surface area (Å²) in [5.41, 5.74) is 5.76. The zero-order valence-corrected chi connectivity index (χ0v) is 17.2. The van der Waals surface area contributed by atoms with Crippen LogP contribution in [0.2, 0.25) is 0 Å². The summed E-state index contributed by atoms with van der Waals surface area (Å²) in [5, 5.41) is 6.22. The second-order valence-electron chi connectivity index (χ2n) is 6.73. The molecule has 1 aromatic heterocycles. The van der Waals surface area contributed by atoms with Crippen LogP contribution in [0.5, 0.6) is 0 Å². The molecule has 0 atom stereocenters.